The van der Waals surface area contributed by atoms with Crippen LogP contribution in [0.15, 0.2) is 0 Å². The van der Waals surface area contributed by atoms with Gasteiger partial charge in [-0.05, 0) is 0 Å². The molecule has 76 valence electrons. The Morgan fingerprint density at radius 3 is 2.57 bits per heavy atom. The maximum atomic E-state index is 6.12. The van der Waals surface area contributed by atoms with Crippen molar-refractivity contribution in [1.82, 2.24) is 9.97 Å². The molecule has 0 aromatic carbocycles. The highest BCUT2D eigenvalue weighted by molar-refractivity contribution is 7.98. The largest absolute Gasteiger partial charge is 0.236 e. The average molecular weight is 229 g/mol. The minimum absolute atomic E-state index is 0.0219. The molecule has 0 saturated carbocycles. The molecule has 0 saturated heterocycles. The Labute approximate surface area is 93.5 Å². The normalized spacial score (nSPS) is 15.7. The van der Waals surface area contributed by atoms with Crippen molar-refractivity contribution in [2.45, 2.75) is 37.7 Å². The van der Waals surface area contributed by atoms with E-state index in [9.17, 15) is 0 Å². The number of hydrogen-bond acceptors (Lipinski definition) is 3. The number of hydrogen-bond donors (Lipinski definition) is 0. The van der Waals surface area contributed by atoms with Gasteiger partial charge in [0.15, 0.2) is 0 Å². The highest BCUT2D eigenvalue weighted by Gasteiger charge is 2.24. The Morgan fingerprint density at radius 2 is 1.93 bits per heavy atom. The summed E-state index contributed by atoms with van der Waals surface area (Å²) < 4.78 is 0. The Bertz CT molecular complexity index is 371. The van der Waals surface area contributed by atoms with E-state index in [-0.39, 0.29) is 5.41 Å². The molecule has 0 aliphatic carbocycles. The van der Waals surface area contributed by atoms with Crippen LogP contribution in [0.25, 0.3) is 0 Å². The predicted octanol–water partition coefficient (Wildman–Crippen LogP) is 3.17. The third-order valence-corrected chi connectivity index (χ3v) is 3.48. The van der Waals surface area contributed by atoms with Gasteiger partial charge in [0, 0.05) is 22.5 Å². The van der Waals surface area contributed by atoms with E-state index in [0.717, 1.165) is 28.6 Å². The van der Waals surface area contributed by atoms with Crippen molar-refractivity contribution in [3.05, 3.63) is 22.2 Å². The lowest BCUT2D eigenvalue weighted by atomic mass is 9.95. The number of thioether (sulfide) groups is 1. The zero-order chi connectivity index (χ0) is 10.3. The van der Waals surface area contributed by atoms with Gasteiger partial charge in [-0.2, -0.15) is 11.8 Å². The van der Waals surface area contributed by atoms with Crippen LogP contribution in [0.4, 0.5) is 0 Å². The van der Waals surface area contributed by atoms with Crippen molar-refractivity contribution in [3.63, 3.8) is 0 Å². The van der Waals surface area contributed by atoms with Crippen LogP contribution in [0, 0.1) is 0 Å². The molecule has 14 heavy (non-hydrogen) atoms. The summed E-state index contributed by atoms with van der Waals surface area (Å²) in [6, 6.07) is 0. The number of rotatable bonds is 0. The van der Waals surface area contributed by atoms with Crippen molar-refractivity contribution in [2.75, 3.05) is 0 Å². The van der Waals surface area contributed by atoms with Gasteiger partial charge in [0.1, 0.15) is 11.0 Å². The highest BCUT2D eigenvalue weighted by Crippen LogP contribution is 2.34. The second-order valence-corrected chi connectivity index (χ2v) is 5.85. The number of nitrogens with zero attached hydrogens (tertiary/aromatic N) is 2. The highest BCUT2D eigenvalue weighted by atomic mass is 35.5. The summed E-state index contributed by atoms with van der Waals surface area (Å²) >= 11 is 7.97. The second kappa shape index (κ2) is 3.38. The second-order valence-electron chi connectivity index (χ2n) is 4.51. The molecule has 0 N–H and O–H groups in total. The third kappa shape index (κ3) is 1.75. The minimum atomic E-state index is -0.0219. The van der Waals surface area contributed by atoms with Crippen molar-refractivity contribution in [2.24, 2.45) is 0 Å². The molecule has 0 fully saturated rings. The zero-order valence-electron chi connectivity index (χ0n) is 8.59. The first-order chi connectivity index (χ1) is 6.48. The first-order valence-corrected chi connectivity index (χ1v) is 6.15. The molecule has 1 aliphatic heterocycles. The van der Waals surface area contributed by atoms with Crippen LogP contribution in [-0.4, -0.2) is 9.97 Å². The first kappa shape index (κ1) is 10.2. The number of fused-ring (bicyclic) bond motifs is 1. The summed E-state index contributed by atoms with van der Waals surface area (Å²) in [7, 11) is 0. The predicted molar refractivity (Wildman–Crippen MR) is 60.7 cm³/mol. The molecular weight excluding hydrogens is 216 g/mol. The van der Waals surface area contributed by atoms with Crippen molar-refractivity contribution in [3.8, 4) is 0 Å². The topological polar surface area (TPSA) is 25.8 Å². The van der Waals surface area contributed by atoms with Gasteiger partial charge in [0.2, 0.25) is 0 Å². The van der Waals surface area contributed by atoms with E-state index in [1.807, 2.05) is 11.8 Å². The molecule has 0 unspecified atom stereocenters. The van der Waals surface area contributed by atoms with Gasteiger partial charge < -0.3 is 0 Å². The molecule has 0 amide bonds. The SMILES string of the molecule is CC(C)(C)c1nc(Cl)c2c(n1)CSC2. The van der Waals surface area contributed by atoms with Gasteiger partial charge >= 0.3 is 0 Å². The summed E-state index contributed by atoms with van der Waals surface area (Å²) in [5.41, 5.74) is 2.23. The first-order valence-electron chi connectivity index (χ1n) is 4.62. The van der Waals surface area contributed by atoms with E-state index < -0.39 is 0 Å². The van der Waals surface area contributed by atoms with Gasteiger partial charge in [-0.1, -0.05) is 32.4 Å². The molecule has 0 atom stereocenters. The number of aromatic nitrogens is 2. The molecule has 1 aromatic heterocycles. The van der Waals surface area contributed by atoms with Crippen LogP contribution in [0.2, 0.25) is 5.15 Å². The molecule has 1 aromatic rings. The molecule has 2 heterocycles. The van der Waals surface area contributed by atoms with Crippen LogP contribution in [0.5, 0.6) is 0 Å². The van der Waals surface area contributed by atoms with E-state index in [2.05, 4.69) is 30.7 Å². The summed E-state index contributed by atoms with van der Waals surface area (Å²) in [5, 5.41) is 0.643. The summed E-state index contributed by atoms with van der Waals surface area (Å²) in [4.78, 5) is 8.93. The van der Waals surface area contributed by atoms with E-state index >= 15 is 0 Å². The van der Waals surface area contributed by atoms with Crippen molar-refractivity contribution < 1.29 is 0 Å². The van der Waals surface area contributed by atoms with Crippen molar-refractivity contribution >= 4 is 23.4 Å². The Kier molecular flexibility index (Phi) is 2.48. The fourth-order valence-electron chi connectivity index (χ4n) is 1.35. The van der Waals surface area contributed by atoms with E-state index in [4.69, 9.17) is 11.6 Å². The van der Waals surface area contributed by atoms with E-state index in [1.165, 1.54) is 0 Å². The Balaban J connectivity index is 2.52. The average Bonchev–Trinajstić information content (AvgIpc) is 2.50. The molecule has 2 nitrogen and oxygen atoms in total. The molecule has 0 bridgehead atoms. The van der Waals surface area contributed by atoms with Crippen LogP contribution in [0.3, 0.4) is 0 Å². The third-order valence-electron chi connectivity index (χ3n) is 2.20. The van der Waals surface area contributed by atoms with Crippen LogP contribution in [0.1, 0.15) is 37.9 Å². The van der Waals surface area contributed by atoms with E-state index in [0.29, 0.717) is 5.15 Å². The van der Waals surface area contributed by atoms with Gasteiger partial charge in [-0.15, -0.1) is 0 Å². The standard InChI is InChI=1S/C10H13ClN2S/c1-10(2,3)9-12-7-5-14-4-6(7)8(11)13-9/h4-5H2,1-3H3. The van der Waals surface area contributed by atoms with Crippen LogP contribution < -0.4 is 0 Å². The van der Waals surface area contributed by atoms with E-state index in [1.54, 1.807) is 0 Å². The molecule has 0 radical (unpaired) electrons. The van der Waals surface area contributed by atoms with Gasteiger partial charge in [-0.25, -0.2) is 9.97 Å². The number of halogens is 1. The molecule has 4 heteroatoms. The molecule has 1 aliphatic rings. The summed E-state index contributed by atoms with van der Waals surface area (Å²) in [6.45, 7) is 6.31. The van der Waals surface area contributed by atoms with Crippen molar-refractivity contribution in [1.29, 1.82) is 0 Å². The fraction of sp³-hybridized carbons (Fsp3) is 0.600. The quantitative estimate of drug-likeness (QED) is 0.638. The lowest BCUT2D eigenvalue weighted by molar-refractivity contribution is 0.542. The zero-order valence-corrected chi connectivity index (χ0v) is 10.2. The smallest absolute Gasteiger partial charge is 0.137 e. The fourth-order valence-corrected chi connectivity index (χ4v) is 2.72. The molecule has 2 rings (SSSR count). The molecule has 0 spiro atoms. The van der Waals surface area contributed by atoms with Gasteiger partial charge in [0.25, 0.3) is 0 Å². The summed E-state index contributed by atoms with van der Waals surface area (Å²) in [6.07, 6.45) is 0. The summed E-state index contributed by atoms with van der Waals surface area (Å²) in [5.74, 6) is 2.78. The Hall–Kier alpha value is -0.280. The lowest BCUT2D eigenvalue weighted by Gasteiger charge is -2.17. The van der Waals surface area contributed by atoms with Crippen LogP contribution >= 0.6 is 23.4 Å². The lowest BCUT2D eigenvalue weighted by Crippen LogP contribution is -2.17. The maximum Gasteiger partial charge on any atom is 0.137 e. The minimum Gasteiger partial charge on any atom is -0.236 e. The van der Waals surface area contributed by atoms with Crippen LogP contribution in [-0.2, 0) is 16.9 Å². The van der Waals surface area contributed by atoms with Gasteiger partial charge in [0.05, 0.1) is 5.69 Å². The monoisotopic (exact) mass is 228 g/mol. The molecular formula is C10H13ClN2S. The maximum absolute atomic E-state index is 6.12. The Morgan fingerprint density at radius 1 is 1.21 bits per heavy atom. The van der Waals surface area contributed by atoms with Gasteiger partial charge in [-0.3, -0.25) is 0 Å².